The molecule has 5 nitrogen and oxygen atoms in total. The molecule has 1 saturated carbocycles. The van der Waals surface area contributed by atoms with Crippen molar-refractivity contribution in [3.63, 3.8) is 0 Å². The molecule has 0 aliphatic heterocycles. The van der Waals surface area contributed by atoms with Crippen LogP contribution >= 0.6 is 11.6 Å². The van der Waals surface area contributed by atoms with Gasteiger partial charge in [-0.2, -0.15) is 4.98 Å². The second-order valence-corrected chi connectivity index (χ2v) is 5.42. The van der Waals surface area contributed by atoms with E-state index in [2.05, 4.69) is 15.4 Å². The summed E-state index contributed by atoms with van der Waals surface area (Å²) in [6.07, 6.45) is 4.25. The molecule has 3 rings (SSSR count). The van der Waals surface area contributed by atoms with E-state index in [4.69, 9.17) is 11.6 Å². The molecule has 1 aliphatic rings. The van der Waals surface area contributed by atoms with Gasteiger partial charge in [-0.3, -0.25) is 0 Å². The summed E-state index contributed by atoms with van der Waals surface area (Å²) >= 11 is 5.98. The van der Waals surface area contributed by atoms with Crippen molar-refractivity contribution in [2.75, 3.05) is 5.32 Å². The molecule has 2 heterocycles. The number of rotatable bonds is 3. The number of fused-ring (bicyclic) bond motifs is 1. The first-order valence-electron chi connectivity index (χ1n) is 6.65. The number of hydrogen-bond acceptors (Lipinski definition) is 4. The second kappa shape index (κ2) is 4.98. The first-order chi connectivity index (χ1) is 9.15. The lowest BCUT2D eigenvalue weighted by Gasteiger charge is -2.14. The summed E-state index contributed by atoms with van der Waals surface area (Å²) in [6, 6.07) is 4.22. The Morgan fingerprint density at radius 2 is 2.16 bits per heavy atom. The summed E-state index contributed by atoms with van der Waals surface area (Å²) < 4.78 is 1.66. The number of aromatic nitrogens is 3. The van der Waals surface area contributed by atoms with Crippen LogP contribution in [0.3, 0.4) is 0 Å². The van der Waals surface area contributed by atoms with Crippen molar-refractivity contribution in [3.8, 4) is 0 Å². The molecule has 2 N–H and O–H groups in total. The van der Waals surface area contributed by atoms with E-state index in [1.165, 1.54) is 12.8 Å². The highest BCUT2D eigenvalue weighted by Gasteiger charge is 2.19. The van der Waals surface area contributed by atoms with Gasteiger partial charge in [0.2, 0.25) is 5.28 Å². The first-order valence-corrected chi connectivity index (χ1v) is 7.03. The van der Waals surface area contributed by atoms with Gasteiger partial charge >= 0.3 is 0 Å². The highest BCUT2D eigenvalue weighted by Crippen LogP contribution is 2.26. The lowest BCUT2D eigenvalue weighted by Crippen LogP contribution is -2.17. The van der Waals surface area contributed by atoms with Crippen molar-refractivity contribution >= 4 is 22.9 Å². The average Bonchev–Trinajstić information content (AvgIpc) is 2.97. The van der Waals surface area contributed by atoms with Crippen molar-refractivity contribution in [3.05, 3.63) is 23.1 Å². The predicted molar refractivity (Wildman–Crippen MR) is 74.5 cm³/mol. The number of aliphatic hydroxyl groups excluding tert-OH is 1. The summed E-state index contributed by atoms with van der Waals surface area (Å²) in [7, 11) is 0. The molecule has 1 unspecified atom stereocenters. The molecule has 0 saturated heterocycles. The fourth-order valence-corrected chi connectivity index (χ4v) is 2.84. The van der Waals surface area contributed by atoms with Gasteiger partial charge in [0.25, 0.3) is 0 Å². The topological polar surface area (TPSA) is 62.5 Å². The molecule has 19 heavy (non-hydrogen) atoms. The number of nitrogens with one attached hydrogen (secondary N) is 1. The zero-order chi connectivity index (χ0) is 13.4. The monoisotopic (exact) mass is 280 g/mol. The third-order valence-electron chi connectivity index (χ3n) is 3.64. The standard InChI is InChI=1S/C13H17ClN4O/c1-8(19)10-6-7-11-12(15-9-4-2-3-5-9)16-13(14)17-18(10)11/h6-9,19H,2-5H2,1H3,(H,15,16,17). The molecule has 0 radical (unpaired) electrons. The third-order valence-corrected chi connectivity index (χ3v) is 3.80. The molecular weight excluding hydrogens is 264 g/mol. The summed E-state index contributed by atoms with van der Waals surface area (Å²) in [5, 5.41) is 17.5. The normalized spacial score (nSPS) is 18.1. The van der Waals surface area contributed by atoms with E-state index in [0.717, 1.165) is 24.2 Å². The Labute approximate surface area is 116 Å². The van der Waals surface area contributed by atoms with Crippen LogP contribution in [-0.4, -0.2) is 25.7 Å². The minimum absolute atomic E-state index is 0.186. The maximum absolute atomic E-state index is 9.73. The third kappa shape index (κ3) is 2.40. The number of nitrogens with zero attached hydrogens (tertiary/aromatic N) is 3. The Balaban J connectivity index is 2.03. The van der Waals surface area contributed by atoms with Crippen LogP contribution in [0, 0.1) is 0 Å². The van der Waals surface area contributed by atoms with Crippen LogP contribution in [0.2, 0.25) is 5.28 Å². The van der Waals surface area contributed by atoms with E-state index in [1.807, 2.05) is 12.1 Å². The van der Waals surface area contributed by atoms with E-state index in [0.29, 0.717) is 11.7 Å². The Bertz CT molecular complexity index is 590. The second-order valence-electron chi connectivity index (χ2n) is 5.09. The van der Waals surface area contributed by atoms with Crippen molar-refractivity contribution in [2.24, 2.45) is 0 Å². The Kier molecular flexibility index (Phi) is 3.33. The van der Waals surface area contributed by atoms with Crippen LogP contribution in [0.15, 0.2) is 12.1 Å². The van der Waals surface area contributed by atoms with E-state index in [9.17, 15) is 5.11 Å². The lowest BCUT2D eigenvalue weighted by molar-refractivity contribution is 0.192. The fourth-order valence-electron chi connectivity index (χ4n) is 2.68. The van der Waals surface area contributed by atoms with E-state index in [1.54, 1.807) is 11.4 Å². The molecule has 2 aromatic rings. The van der Waals surface area contributed by atoms with Gasteiger partial charge in [0.1, 0.15) is 5.52 Å². The van der Waals surface area contributed by atoms with Gasteiger partial charge in [0.05, 0.1) is 11.8 Å². The number of halogens is 1. The maximum Gasteiger partial charge on any atom is 0.243 e. The van der Waals surface area contributed by atoms with E-state index < -0.39 is 6.10 Å². The van der Waals surface area contributed by atoms with Crippen molar-refractivity contribution in [1.82, 2.24) is 14.6 Å². The zero-order valence-electron chi connectivity index (χ0n) is 10.8. The summed E-state index contributed by atoms with van der Waals surface area (Å²) in [5.74, 6) is 0.749. The van der Waals surface area contributed by atoms with Crippen molar-refractivity contribution < 1.29 is 5.11 Å². The molecule has 2 aromatic heterocycles. The van der Waals surface area contributed by atoms with Gasteiger partial charge in [0.15, 0.2) is 5.82 Å². The minimum Gasteiger partial charge on any atom is -0.387 e. The average molecular weight is 281 g/mol. The van der Waals surface area contributed by atoms with Crippen LogP contribution < -0.4 is 5.32 Å². The maximum atomic E-state index is 9.73. The fraction of sp³-hybridized carbons (Fsp3) is 0.538. The van der Waals surface area contributed by atoms with Gasteiger partial charge in [-0.05, 0) is 43.5 Å². The van der Waals surface area contributed by atoms with Crippen LogP contribution in [0.4, 0.5) is 5.82 Å². The highest BCUT2D eigenvalue weighted by molar-refractivity contribution is 6.28. The molecule has 1 fully saturated rings. The van der Waals surface area contributed by atoms with Gasteiger partial charge < -0.3 is 10.4 Å². The zero-order valence-corrected chi connectivity index (χ0v) is 11.6. The Hall–Kier alpha value is -1.33. The molecular formula is C13H17ClN4O. The predicted octanol–water partition coefficient (Wildman–Crippen LogP) is 2.79. The quantitative estimate of drug-likeness (QED) is 0.907. The van der Waals surface area contributed by atoms with Crippen LogP contribution in [0.5, 0.6) is 0 Å². The van der Waals surface area contributed by atoms with Gasteiger partial charge in [-0.25, -0.2) is 4.52 Å². The molecule has 6 heteroatoms. The van der Waals surface area contributed by atoms with Crippen LogP contribution in [-0.2, 0) is 0 Å². The number of aliphatic hydroxyl groups is 1. The number of anilines is 1. The van der Waals surface area contributed by atoms with E-state index in [-0.39, 0.29) is 5.28 Å². The van der Waals surface area contributed by atoms with E-state index >= 15 is 0 Å². The SMILES string of the molecule is CC(O)c1ccc2c(NC3CCCC3)nc(Cl)nn12. The molecule has 0 amide bonds. The van der Waals surface area contributed by atoms with Gasteiger partial charge in [-0.1, -0.05) is 12.8 Å². The molecule has 102 valence electrons. The van der Waals surface area contributed by atoms with Crippen LogP contribution in [0.25, 0.3) is 5.52 Å². The summed E-state index contributed by atoms with van der Waals surface area (Å²) in [5.41, 5.74) is 1.57. The first kappa shape index (κ1) is 12.7. The molecule has 0 spiro atoms. The smallest absolute Gasteiger partial charge is 0.243 e. The molecule has 1 atom stereocenters. The largest absolute Gasteiger partial charge is 0.387 e. The Morgan fingerprint density at radius 3 is 2.84 bits per heavy atom. The molecule has 1 aliphatic carbocycles. The molecule has 0 aromatic carbocycles. The van der Waals surface area contributed by atoms with Gasteiger partial charge in [0, 0.05) is 6.04 Å². The van der Waals surface area contributed by atoms with Crippen LogP contribution in [0.1, 0.15) is 44.4 Å². The molecule has 0 bridgehead atoms. The number of hydrogen-bond donors (Lipinski definition) is 2. The van der Waals surface area contributed by atoms with Gasteiger partial charge in [-0.15, -0.1) is 5.10 Å². The lowest BCUT2D eigenvalue weighted by atomic mass is 10.2. The Morgan fingerprint density at radius 1 is 1.42 bits per heavy atom. The van der Waals surface area contributed by atoms with Crippen molar-refractivity contribution in [2.45, 2.75) is 44.8 Å². The summed E-state index contributed by atoms with van der Waals surface area (Å²) in [6.45, 7) is 1.71. The van der Waals surface area contributed by atoms with Crippen molar-refractivity contribution in [1.29, 1.82) is 0 Å². The highest BCUT2D eigenvalue weighted by atomic mass is 35.5. The summed E-state index contributed by atoms with van der Waals surface area (Å²) in [4.78, 5) is 4.28. The minimum atomic E-state index is -0.590.